The Hall–Kier alpha value is -3.16. The summed E-state index contributed by atoms with van der Waals surface area (Å²) in [6.07, 6.45) is 0.981. The topological polar surface area (TPSA) is 55.9 Å². The highest BCUT2D eigenvalue weighted by molar-refractivity contribution is 7.10. The molecule has 7 heteroatoms. The minimum absolute atomic E-state index is 0.0313. The Labute approximate surface area is 217 Å². The average molecular weight is 503 g/mol. The van der Waals surface area contributed by atoms with Gasteiger partial charge in [0.15, 0.2) is 0 Å². The number of rotatable bonds is 5. The molecule has 2 aliphatic rings. The van der Waals surface area contributed by atoms with Crippen molar-refractivity contribution in [1.29, 1.82) is 0 Å². The van der Waals surface area contributed by atoms with Gasteiger partial charge in [-0.3, -0.25) is 9.69 Å². The molecule has 3 heterocycles. The van der Waals surface area contributed by atoms with Crippen LogP contribution in [-0.2, 0) is 17.8 Å². The number of aryl methyl sites for hydroxylation is 1. The Balaban J connectivity index is 1.21. The highest BCUT2D eigenvalue weighted by Crippen LogP contribution is 2.37. The number of hydrogen-bond acceptors (Lipinski definition) is 4. The third-order valence-corrected chi connectivity index (χ3v) is 8.32. The standard InChI is InChI=1S/C29H34N4O2S/c1-21-8-10-24(11-9-21)28-25-13-17-36-26(25)12-14-32(28)20-27(34)31-15-16-33(22(2)19-31)29(35)30-18-23-6-4-3-5-7-23/h3-11,13,17,22,28H,12,14-16,18-20H2,1-2H3,(H,30,35)/t22-,28+/m1/s1. The van der Waals surface area contributed by atoms with E-state index in [4.69, 9.17) is 0 Å². The second-order valence-electron chi connectivity index (χ2n) is 9.86. The van der Waals surface area contributed by atoms with Crippen LogP contribution in [0.1, 0.15) is 40.1 Å². The first-order chi connectivity index (χ1) is 17.5. The molecule has 0 unspecified atom stereocenters. The maximum atomic E-state index is 13.4. The van der Waals surface area contributed by atoms with Crippen LogP contribution in [0.3, 0.4) is 0 Å². The molecule has 0 radical (unpaired) electrons. The van der Waals surface area contributed by atoms with Crippen molar-refractivity contribution in [2.24, 2.45) is 0 Å². The van der Waals surface area contributed by atoms with Crippen molar-refractivity contribution in [2.45, 2.75) is 38.9 Å². The van der Waals surface area contributed by atoms with Crippen LogP contribution >= 0.6 is 11.3 Å². The molecule has 1 saturated heterocycles. The van der Waals surface area contributed by atoms with E-state index in [1.165, 1.54) is 21.6 Å². The van der Waals surface area contributed by atoms with Gasteiger partial charge in [-0.1, -0.05) is 60.2 Å². The SMILES string of the molecule is Cc1ccc([C@H]2c3ccsc3CCN2CC(=O)N2CCN(C(=O)NCc3ccccc3)[C@H](C)C2)cc1. The number of fused-ring (bicyclic) bond motifs is 1. The summed E-state index contributed by atoms with van der Waals surface area (Å²) >= 11 is 1.82. The van der Waals surface area contributed by atoms with E-state index in [9.17, 15) is 9.59 Å². The smallest absolute Gasteiger partial charge is 0.318 e. The summed E-state index contributed by atoms with van der Waals surface area (Å²) in [5, 5.41) is 5.19. The molecule has 3 aromatic rings. The quantitative estimate of drug-likeness (QED) is 0.561. The maximum absolute atomic E-state index is 13.4. The molecule has 2 aromatic carbocycles. The lowest BCUT2D eigenvalue weighted by molar-refractivity contribution is -0.135. The summed E-state index contributed by atoms with van der Waals surface area (Å²) in [6.45, 7) is 7.56. The average Bonchev–Trinajstić information content (AvgIpc) is 3.37. The Morgan fingerprint density at radius 2 is 1.78 bits per heavy atom. The van der Waals surface area contributed by atoms with E-state index in [0.29, 0.717) is 32.7 Å². The van der Waals surface area contributed by atoms with Crippen molar-refractivity contribution < 1.29 is 9.59 Å². The summed E-state index contributed by atoms with van der Waals surface area (Å²) in [6, 6.07) is 20.8. The number of hydrogen-bond donors (Lipinski definition) is 1. The van der Waals surface area contributed by atoms with Crippen LogP contribution in [0.4, 0.5) is 4.79 Å². The van der Waals surface area contributed by atoms with Gasteiger partial charge in [-0.2, -0.15) is 0 Å². The molecule has 2 atom stereocenters. The molecule has 5 rings (SSSR count). The van der Waals surface area contributed by atoms with Gasteiger partial charge in [-0.05, 0) is 48.4 Å². The molecule has 2 aliphatic heterocycles. The fourth-order valence-corrected chi connectivity index (χ4v) is 6.22. The third-order valence-electron chi connectivity index (χ3n) is 7.32. The molecule has 188 valence electrons. The Morgan fingerprint density at radius 1 is 1.00 bits per heavy atom. The summed E-state index contributed by atoms with van der Waals surface area (Å²) in [4.78, 5) is 33.8. The highest BCUT2D eigenvalue weighted by Gasteiger charge is 2.34. The molecule has 0 saturated carbocycles. The van der Waals surface area contributed by atoms with Crippen LogP contribution in [0.25, 0.3) is 0 Å². The van der Waals surface area contributed by atoms with Crippen LogP contribution in [0, 0.1) is 6.92 Å². The van der Waals surface area contributed by atoms with E-state index in [2.05, 4.69) is 52.9 Å². The van der Waals surface area contributed by atoms with Gasteiger partial charge in [0.1, 0.15) is 0 Å². The van der Waals surface area contributed by atoms with E-state index in [-0.39, 0.29) is 24.0 Å². The van der Waals surface area contributed by atoms with Crippen LogP contribution in [-0.4, -0.2) is 65.4 Å². The largest absolute Gasteiger partial charge is 0.338 e. The summed E-state index contributed by atoms with van der Waals surface area (Å²) in [7, 11) is 0. The number of amides is 3. The monoisotopic (exact) mass is 502 g/mol. The van der Waals surface area contributed by atoms with Gasteiger partial charge in [-0.25, -0.2) is 4.79 Å². The molecule has 0 aliphatic carbocycles. The van der Waals surface area contributed by atoms with Gasteiger partial charge < -0.3 is 15.1 Å². The zero-order valence-corrected chi connectivity index (χ0v) is 21.8. The number of nitrogens with zero attached hydrogens (tertiary/aromatic N) is 3. The van der Waals surface area contributed by atoms with Crippen molar-refractivity contribution in [3.8, 4) is 0 Å². The number of piperazine rings is 1. The zero-order chi connectivity index (χ0) is 25.1. The van der Waals surface area contributed by atoms with Crippen molar-refractivity contribution >= 4 is 23.3 Å². The summed E-state index contributed by atoms with van der Waals surface area (Å²) < 4.78 is 0. The van der Waals surface area contributed by atoms with Crippen LogP contribution in [0.2, 0.25) is 0 Å². The van der Waals surface area contributed by atoms with E-state index in [1.54, 1.807) is 0 Å². The number of benzene rings is 2. The van der Waals surface area contributed by atoms with E-state index < -0.39 is 0 Å². The third kappa shape index (κ3) is 5.32. The molecule has 36 heavy (non-hydrogen) atoms. The van der Waals surface area contributed by atoms with Crippen LogP contribution in [0.5, 0.6) is 0 Å². The molecule has 1 aromatic heterocycles. The molecular formula is C29H34N4O2S. The van der Waals surface area contributed by atoms with Crippen molar-refractivity contribution in [1.82, 2.24) is 20.0 Å². The second kappa shape index (κ2) is 10.8. The van der Waals surface area contributed by atoms with E-state index in [1.807, 2.05) is 58.4 Å². The zero-order valence-electron chi connectivity index (χ0n) is 21.0. The number of carbonyl (C=O) groups is 2. The lowest BCUT2D eigenvalue weighted by Gasteiger charge is -2.41. The van der Waals surface area contributed by atoms with Gasteiger partial charge in [0.2, 0.25) is 5.91 Å². The first-order valence-electron chi connectivity index (χ1n) is 12.7. The van der Waals surface area contributed by atoms with E-state index >= 15 is 0 Å². The number of urea groups is 1. The Morgan fingerprint density at radius 3 is 2.53 bits per heavy atom. The van der Waals surface area contributed by atoms with Gasteiger partial charge >= 0.3 is 6.03 Å². The van der Waals surface area contributed by atoms with Crippen molar-refractivity contribution in [3.05, 3.63) is 93.2 Å². The predicted molar refractivity (Wildman–Crippen MR) is 144 cm³/mol. The summed E-state index contributed by atoms with van der Waals surface area (Å²) in [5.74, 6) is 0.141. The molecular weight excluding hydrogens is 468 g/mol. The van der Waals surface area contributed by atoms with Crippen LogP contribution < -0.4 is 5.32 Å². The predicted octanol–water partition coefficient (Wildman–Crippen LogP) is 4.45. The Bertz CT molecular complexity index is 1190. The Kier molecular flexibility index (Phi) is 7.39. The lowest BCUT2D eigenvalue weighted by atomic mass is 9.92. The van der Waals surface area contributed by atoms with Crippen molar-refractivity contribution in [2.75, 3.05) is 32.7 Å². The molecule has 6 nitrogen and oxygen atoms in total. The minimum Gasteiger partial charge on any atom is -0.338 e. The minimum atomic E-state index is -0.0705. The first kappa shape index (κ1) is 24.5. The molecule has 0 spiro atoms. The van der Waals surface area contributed by atoms with E-state index in [0.717, 1.165) is 18.5 Å². The van der Waals surface area contributed by atoms with Gasteiger partial charge in [0, 0.05) is 43.6 Å². The highest BCUT2D eigenvalue weighted by atomic mass is 32.1. The molecule has 0 bridgehead atoms. The molecule has 3 amide bonds. The van der Waals surface area contributed by atoms with Crippen LogP contribution in [0.15, 0.2) is 66.0 Å². The molecule has 1 fully saturated rings. The number of nitrogens with one attached hydrogen (secondary N) is 1. The fraction of sp³-hybridized carbons (Fsp3) is 0.379. The molecule has 1 N–H and O–H groups in total. The fourth-order valence-electron chi connectivity index (χ4n) is 5.31. The number of carbonyl (C=O) groups excluding carboxylic acids is 2. The normalized spacial score (nSPS) is 20.2. The second-order valence-corrected chi connectivity index (χ2v) is 10.9. The van der Waals surface area contributed by atoms with Gasteiger partial charge in [0.05, 0.1) is 12.6 Å². The first-order valence-corrected chi connectivity index (χ1v) is 13.6. The maximum Gasteiger partial charge on any atom is 0.318 e. The van der Waals surface area contributed by atoms with Gasteiger partial charge in [-0.15, -0.1) is 11.3 Å². The lowest BCUT2D eigenvalue weighted by Crippen LogP contribution is -2.58. The summed E-state index contributed by atoms with van der Waals surface area (Å²) in [5.41, 5.74) is 4.88. The van der Waals surface area contributed by atoms with Gasteiger partial charge in [0.25, 0.3) is 0 Å². The van der Waals surface area contributed by atoms with Crippen molar-refractivity contribution in [3.63, 3.8) is 0 Å². The number of thiophene rings is 1.